The van der Waals surface area contributed by atoms with Gasteiger partial charge in [-0.25, -0.2) is 18.2 Å². The Kier molecular flexibility index (Phi) is 7.15. The van der Waals surface area contributed by atoms with E-state index in [2.05, 4.69) is 4.98 Å². The van der Waals surface area contributed by atoms with Crippen LogP contribution in [0.3, 0.4) is 0 Å². The number of amides is 2. The van der Waals surface area contributed by atoms with Crippen molar-refractivity contribution in [3.63, 3.8) is 0 Å². The number of piperidine rings is 1. The zero-order chi connectivity index (χ0) is 26.2. The van der Waals surface area contributed by atoms with Crippen LogP contribution in [0.5, 0.6) is 0 Å². The average molecular weight is 537 g/mol. The lowest BCUT2D eigenvalue weighted by Crippen LogP contribution is -2.40. The Bertz CT molecular complexity index is 1320. The molecule has 2 N–H and O–H groups in total. The second kappa shape index (κ2) is 9.99. The monoisotopic (exact) mass is 536 g/mol. The fraction of sp³-hybridized carbons (Fsp3) is 0.240. The SMILES string of the molecule is CN(C(=O)c1c(F)cccc1Cl)c1ncc(-c2cc(C(N)=O)ccc2Cl)cc1N1CCC(F)(F)CC1. The van der Waals surface area contributed by atoms with Crippen molar-refractivity contribution in [1.82, 2.24) is 4.98 Å². The van der Waals surface area contributed by atoms with E-state index in [4.69, 9.17) is 28.9 Å². The smallest absolute Gasteiger partial charge is 0.263 e. The molecule has 0 atom stereocenters. The van der Waals surface area contributed by atoms with Crippen molar-refractivity contribution in [1.29, 1.82) is 0 Å². The lowest BCUT2D eigenvalue weighted by atomic mass is 10.0. The third-order valence-electron chi connectivity index (χ3n) is 6.04. The summed E-state index contributed by atoms with van der Waals surface area (Å²) in [5.74, 6) is -4.89. The van der Waals surface area contributed by atoms with Gasteiger partial charge in [0.05, 0.1) is 16.3 Å². The van der Waals surface area contributed by atoms with Gasteiger partial charge < -0.3 is 10.6 Å². The summed E-state index contributed by atoms with van der Waals surface area (Å²) in [4.78, 5) is 32.1. The first-order valence-electron chi connectivity index (χ1n) is 10.9. The highest BCUT2D eigenvalue weighted by atomic mass is 35.5. The van der Waals surface area contributed by atoms with Crippen LogP contribution in [0.4, 0.5) is 24.7 Å². The van der Waals surface area contributed by atoms with Crippen molar-refractivity contribution in [3.8, 4) is 11.1 Å². The highest BCUT2D eigenvalue weighted by molar-refractivity contribution is 6.34. The Morgan fingerprint density at radius 3 is 2.42 bits per heavy atom. The van der Waals surface area contributed by atoms with Crippen molar-refractivity contribution in [3.05, 3.63) is 75.7 Å². The molecule has 6 nitrogen and oxygen atoms in total. The molecule has 188 valence electrons. The van der Waals surface area contributed by atoms with Crippen molar-refractivity contribution in [2.45, 2.75) is 18.8 Å². The Morgan fingerprint density at radius 2 is 1.78 bits per heavy atom. The highest BCUT2D eigenvalue weighted by Gasteiger charge is 2.36. The number of nitrogens with zero attached hydrogens (tertiary/aromatic N) is 3. The van der Waals surface area contributed by atoms with Gasteiger partial charge in [0.25, 0.3) is 11.8 Å². The number of rotatable bonds is 5. The Hall–Kier alpha value is -3.30. The summed E-state index contributed by atoms with van der Waals surface area (Å²) in [5, 5.41) is 0.242. The number of primary amides is 1. The number of alkyl halides is 2. The zero-order valence-corrected chi connectivity index (χ0v) is 20.6. The maximum absolute atomic E-state index is 14.5. The van der Waals surface area contributed by atoms with Crippen molar-refractivity contribution in [2.75, 3.05) is 29.9 Å². The van der Waals surface area contributed by atoms with Gasteiger partial charge >= 0.3 is 0 Å². The van der Waals surface area contributed by atoms with Crippen LogP contribution in [0.2, 0.25) is 10.0 Å². The van der Waals surface area contributed by atoms with Crippen molar-refractivity contribution < 1.29 is 22.8 Å². The summed E-state index contributed by atoms with van der Waals surface area (Å²) in [6.07, 6.45) is 0.660. The number of carbonyl (C=O) groups is 2. The molecule has 0 saturated carbocycles. The molecule has 1 fully saturated rings. The van der Waals surface area contributed by atoms with Crippen LogP contribution in [0.15, 0.2) is 48.7 Å². The van der Waals surface area contributed by atoms with Crippen LogP contribution in [-0.4, -0.2) is 42.9 Å². The maximum Gasteiger partial charge on any atom is 0.263 e. The van der Waals surface area contributed by atoms with Crippen LogP contribution in [-0.2, 0) is 0 Å². The highest BCUT2D eigenvalue weighted by Crippen LogP contribution is 2.39. The van der Waals surface area contributed by atoms with Crippen LogP contribution < -0.4 is 15.5 Å². The van der Waals surface area contributed by atoms with E-state index in [0.29, 0.717) is 21.8 Å². The fourth-order valence-electron chi connectivity index (χ4n) is 4.02. The molecule has 2 amide bonds. The van der Waals surface area contributed by atoms with E-state index >= 15 is 0 Å². The Morgan fingerprint density at radius 1 is 1.08 bits per heavy atom. The fourth-order valence-corrected chi connectivity index (χ4v) is 4.50. The third kappa shape index (κ3) is 5.12. The first-order valence-corrected chi connectivity index (χ1v) is 11.7. The lowest BCUT2D eigenvalue weighted by molar-refractivity contribution is -0.0220. The molecule has 0 aliphatic carbocycles. The third-order valence-corrected chi connectivity index (χ3v) is 6.69. The number of nitrogens with two attached hydrogens (primary N) is 1. The number of halogens is 5. The standard InChI is InChI=1S/C25H21Cl2F3N4O2/c1-33(24(36)21-18(27)3-2-4-19(21)28)23-20(34-9-7-25(29,30)8-10-34)12-15(13-32-23)16-11-14(22(31)35)5-6-17(16)26/h2-6,11-13H,7-10H2,1H3,(H2,31,35). The van der Waals surface area contributed by atoms with Crippen LogP contribution in [0.25, 0.3) is 11.1 Å². The van der Waals surface area contributed by atoms with Gasteiger partial charge in [-0.3, -0.25) is 14.5 Å². The molecule has 36 heavy (non-hydrogen) atoms. The quantitative estimate of drug-likeness (QED) is 0.446. The molecule has 3 aromatic rings. The number of hydrogen-bond donors (Lipinski definition) is 1. The van der Waals surface area contributed by atoms with E-state index in [1.807, 2.05) is 0 Å². The van der Waals surface area contributed by atoms with Gasteiger partial charge in [0.2, 0.25) is 5.91 Å². The van der Waals surface area contributed by atoms with Gasteiger partial charge in [0.1, 0.15) is 5.82 Å². The number of pyridine rings is 1. The molecule has 11 heteroatoms. The number of hydrogen-bond acceptors (Lipinski definition) is 4. The van der Waals surface area contributed by atoms with Crippen LogP contribution >= 0.6 is 23.2 Å². The van der Waals surface area contributed by atoms with E-state index in [1.165, 1.54) is 43.6 Å². The number of anilines is 2. The van der Waals surface area contributed by atoms with Gasteiger partial charge in [-0.1, -0.05) is 29.3 Å². The molecule has 1 saturated heterocycles. The van der Waals surface area contributed by atoms with Crippen molar-refractivity contribution in [2.24, 2.45) is 5.73 Å². The molecule has 0 unspecified atom stereocenters. The zero-order valence-electron chi connectivity index (χ0n) is 19.1. The molecule has 0 bridgehead atoms. The molecule has 1 aliphatic rings. The van der Waals surface area contributed by atoms with Crippen LogP contribution in [0.1, 0.15) is 33.6 Å². The topological polar surface area (TPSA) is 79.5 Å². The molecule has 0 radical (unpaired) electrons. The van der Waals surface area contributed by atoms with Gasteiger partial charge in [-0.05, 0) is 36.4 Å². The summed E-state index contributed by atoms with van der Waals surface area (Å²) < 4.78 is 42.2. The molecule has 4 rings (SSSR count). The first kappa shape index (κ1) is 25.8. The minimum Gasteiger partial charge on any atom is -0.368 e. The van der Waals surface area contributed by atoms with Gasteiger partial charge in [-0.2, -0.15) is 0 Å². The first-order chi connectivity index (χ1) is 17.0. The minimum absolute atomic E-state index is 0.00265. The van der Waals surface area contributed by atoms with Crippen molar-refractivity contribution >= 4 is 46.5 Å². The average Bonchev–Trinajstić information content (AvgIpc) is 2.83. The molecule has 2 heterocycles. The summed E-state index contributed by atoms with van der Waals surface area (Å²) in [5.41, 5.74) is 6.58. The van der Waals surface area contributed by atoms with E-state index in [1.54, 1.807) is 11.0 Å². The summed E-state index contributed by atoms with van der Waals surface area (Å²) >= 11 is 12.4. The largest absolute Gasteiger partial charge is 0.368 e. The second-order valence-electron chi connectivity index (χ2n) is 8.43. The summed E-state index contributed by atoms with van der Waals surface area (Å²) in [7, 11) is 1.40. The number of aromatic nitrogens is 1. The molecular weight excluding hydrogens is 516 g/mol. The predicted molar refractivity (Wildman–Crippen MR) is 134 cm³/mol. The Labute approximate surface area is 215 Å². The van der Waals surface area contributed by atoms with E-state index < -0.39 is 23.6 Å². The number of benzene rings is 2. The predicted octanol–water partition coefficient (Wildman–Crippen LogP) is 5.81. The van der Waals surface area contributed by atoms with Gasteiger partial charge in [0, 0.05) is 60.9 Å². The van der Waals surface area contributed by atoms with Gasteiger partial charge in [-0.15, -0.1) is 0 Å². The maximum atomic E-state index is 14.5. The normalized spacial score (nSPS) is 15.0. The Balaban J connectivity index is 1.81. The number of carbonyl (C=O) groups excluding carboxylic acids is 2. The molecule has 2 aromatic carbocycles. The molecule has 1 aromatic heterocycles. The minimum atomic E-state index is -2.80. The van der Waals surface area contributed by atoms with E-state index in [0.717, 1.165) is 11.0 Å². The summed E-state index contributed by atoms with van der Waals surface area (Å²) in [6.45, 7) is 0.00531. The van der Waals surface area contributed by atoms with Crippen LogP contribution in [0, 0.1) is 5.82 Å². The molecular formula is C25H21Cl2F3N4O2. The summed E-state index contributed by atoms with van der Waals surface area (Å²) in [6, 6.07) is 10.0. The second-order valence-corrected chi connectivity index (χ2v) is 9.24. The molecule has 0 spiro atoms. The van der Waals surface area contributed by atoms with E-state index in [9.17, 15) is 22.8 Å². The lowest BCUT2D eigenvalue weighted by Gasteiger charge is -2.35. The van der Waals surface area contributed by atoms with Gasteiger partial charge in [0.15, 0.2) is 5.82 Å². The van der Waals surface area contributed by atoms with E-state index in [-0.39, 0.29) is 47.9 Å². The molecule has 1 aliphatic heterocycles.